The summed E-state index contributed by atoms with van der Waals surface area (Å²) in [5.74, 6) is -0.166. The third-order valence-corrected chi connectivity index (χ3v) is 5.28. The van der Waals surface area contributed by atoms with E-state index in [0.717, 1.165) is 22.4 Å². The Labute approximate surface area is 174 Å². The number of amides is 1. The number of aryl methyl sites for hydroxylation is 1. The number of morpholine rings is 1. The van der Waals surface area contributed by atoms with Gasteiger partial charge in [-0.15, -0.1) is 0 Å². The van der Waals surface area contributed by atoms with E-state index in [0.29, 0.717) is 26.2 Å². The Morgan fingerprint density at radius 1 is 1.27 bits per heavy atom. The summed E-state index contributed by atoms with van der Waals surface area (Å²) in [4.78, 5) is 26.5. The maximum atomic E-state index is 12.4. The Morgan fingerprint density at radius 3 is 2.83 bits per heavy atom. The van der Waals surface area contributed by atoms with Gasteiger partial charge in [0.1, 0.15) is 0 Å². The zero-order chi connectivity index (χ0) is 21.1. The maximum Gasteiger partial charge on any atom is 0.252 e. The van der Waals surface area contributed by atoms with Crippen molar-refractivity contribution in [3.8, 4) is 11.1 Å². The van der Waals surface area contributed by atoms with Crippen molar-refractivity contribution in [3.05, 3.63) is 70.9 Å². The average molecular weight is 407 g/mol. The van der Waals surface area contributed by atoms with Crippen LogP contribution in [0.4, 0.5) is 5.69 Å². The largest absolute Gasteiger partial charge is 0.365 e. The first-order chi connectivity index (χ1) is 14.5. The molecule has 2 aromatic heterocycles. The van der Waals surface area contributed by atoms with E-state index in [2.05, 4.69) is 22.5 Å². The second-order valence-corrected chi connectivity index (χ2v) is 7.35. The Morgan fingerprint density at radius 2 is 2.07 bits per heavy atom. The Kier molecular flexibility index (Phi) is 5.67. The van der Waals surface area contributed by atoms with Crippen molar-refractivity contribution in [2.24, 2.45) is 7.05 Å². The minimum absolute atomic E-state index is 0.103. The van der Waals surface area contributed by atoms with Gasteiger partial charge in [-0.05, 0) is 5.56 Å². The van der Waals surface area contributed by atoms with Crippen LogP contribution in [0.1, 0.15) is 5.56 Å². The van der Waals surface area contributed by atoms with Gasteiger partial charge in [0.15, 0.2) is 6.10 Å². The van der Waals surface area contributed by atoms with E-state index in [1.165, 1.54) is 0 Å². The molecule has 1 aliphatic heterocycles. The summed E-state index contributed by atoms with van der Waals surface area (Å²) in [6, 6.07) is 11.7. The smallest absolute Gasteiger partial charge is 0.252 e. The Bertz CT molecular complexity index is 1090. The van der Waals surface area contributed by atoms with Crippen LogP contribution >= 0.6 is 0 Å². The molecule has 0 spiro atoms. The van der Waals surface area contributed by atoms with Crippen LogP contribution in [0.3, 0.4) is 0 Å². The first kappa shape index (κ1) is 19.9. The highest BCUT2D eigenvalue weighted by Crippen LogP contribution is 2.30. The van der Waals surface area contributed by atoms with Crippen molar-refractivity contribution in [2.45, 2.75) is 12.6 Å². The fourth-order valence-corrected chi connectivity index (χ4v) is 3.65. The summed E-state index contributed by atoms with van der Waals surface area (Å²) >= 11 is 0. The third-order valence-electron chi connectivity index (χ3n) is 5.28. The number of pyridine rings is 1. The SMILES string of the molecule is CNC(=O)[C@H]1CN(c2cc(=O)n(C)cc2-c2cnn(Cc3ccccc3)c2)CCO1. The number of rotatable bonds is 5. The molecule has 0 unspecified atom stereocenters. The summed E-state index contributed by atoms with van der Waals surface area (Å²) in [5.41, 5.74) is 3.66. The molecule has 1 fully saturated rings. The number of benzene rings is 1. The standard InChI is InChI=1S/C22H25N5O3/c1-23-22(29)20-15-26(8-9-30-20)19-10-21(28)25(2)14-18(19)17-11-24-27(13-17)12-16-6-4-3-5-7-16/h3-7,10-11,13-14,20H,8-9,12,15H2,1-2H3,(H,23,29)/t20-/m1/s1. The van der Waals surface area contributed by atoms with Gasteiger partial charge >= 0.3 is 0 Å². The molecule has 1 amide bonds. The van der Waals surface area contributed by atoms with E-state index >= 15 is 0 Å². The second kappa shape index (κ2) is 8.54. The van der Waals surface area contributed by atoms with Crippen LogP contribution in [0.5, 0.6) is 0 Å². The minimum atomic E-state index is -0.568. The predicted octanol–water partition coefficient (Wildman–Crippen LogP) is 1.25. The van der Waals surface area contributed by atoms with Crippen LogP contribution in [-0.2, 0) is 23.1 Å². The fraction of sp³-hybridized carbons (Fsp3) is 0.318. The number of ether oxygens (including phenoxy) is 1. The van der Waals surface area contributed by atoms with Gasteiger partial charge in [-0.3, -0.25) is 14.3 Å². The number of hydrogen-bond donors (Lipinski definition) is 1. The van der Waals surface area contributed by atoms with Crippen LogP contribution in [0.25, 0.3) is 11.1 Å². The highest BCUT2D eigenvalue weighted by molar-refractivity contribution is 5.82. The zero-order valence-corrected chi connectivity index (χ0v) is 17.1. The first-order valence-corrected chi connectivity index (χ1v) is 9.90. The molecule has 1 N–H and O–H groups in total. The summed E-state index contributed by atoms with van der Waals surface area (Å²) < 4.78 is 9.04. The lowest BCUT2D eigenvalue weighted by molar-refractivity contribution is -0.132. The van der Waals surface area contributed by atoms with Crippen LogP contribution in [-0.4, -0.2) is 53.1 Å². The van der Waals surface area contributed by atoms with Gasteiger partial charge in [0.05, 0.1) is 31.6 Å². The lowest BCUT2D eigenvalue weighted by atomic mass is 10.1. The molecule has 0 aliphatic carbocycles. The molecule has 1 aliphatic rings. The molecule has 0 bridgehead atoms. The number of likely N-dealkylation sites (N-methyl/N-ethyl adjacent to an activating group) is 1. The normalized spacial score (nSPS) is 16.5. The van der Waals surface area contributed by atoms with E-state index in [4.69, 9.17) is 4.74 Å². The maximum absolute atomic E-state index is 12.4. The van der Waals surface area contributed by atoms with E-state index in [1.807, 2.05) is 46.4 Å². The summed E-state index contributed by atoms with van der Waals surface area (Å²) in [5, 5.41) is 7.13. The van der Waals surface area contributed by atoms with Gasteiger partial charge in [-0.2, -0.15) is 5.10 Å². The summed E-state index contributed by atoms with van der Waals surface area (Å²) in [6.45, 7) is 2.07. The quantitative estimate of drug-likeness (QED) is 0.689. The zero-order valence-electron chi connectivity index (χ0n) is 17.1. The molecule has 30 heavy (non-hydrogen) atoms. The first-order valence-electron chi connectivity index (χ1n) is 9.90. The molecule has 1 atom stereocenters. The van der Waals surface area contributed by atoms with E-state index in [9.17, 15) is 9.59 Å². The number of aromatic nitrogens is 3. The highest BCUT2D eigenvalue weighted by atomic mass is 16.5. The molecule has 156 valence electrons. The molecular formula is C22H25N5O3. The van der Waals surface area contributed by atoms with E-state index in [-0.39, 0.29) is 11.5 Å². The highest BCUT2D eigenvalue weighted by Gasteiger charge is 2.28. The van der Waals surface area contributed by atoms with Gasteiger partial charge < -0.3 is 19.5 Å². The van der Waals surface area contributed by atoms with Gasteiger partial charge in [0.25, 0.3) is 11.5 Å². The molecule has 1 aromatic carbocycles. The molecule has 4 rings (SSSR count). The molecule has 0 radical (unpaired) electrons. The lowest BCUT2D eigenvalue weighted by Crippen LogP contribution is -2.49. The van der Waals surface area contributed by atoms with Crippen molar-refractivity contribution in [2.75, 3.05) is 31.6 Å². The van der Waals surface area contributed by atoms with Crippen molar-refractivity contribution < 1.29 is 9.53 Å². The molecule has 3 heterocycles. The van der Waals surface area contributed by atoms with Gasteiger partial charge in [-0.25, -0.2) is 0 Å². The van der Waals surface area contributed by atoms with Gasteiger partial charge in [0.2, 0.25) is 0 Å². The molecule has 0 saturated carbocycles. The number of carbonyl (C=O) groups excluding carboxylic acids is 1. The van der Waals surface area contributed by atoms with Crippen molar-refractivity contribution >= 4 is 11.6 Å². The van der Waals surface area contributed by atoms with Crippen molar-refractivity contribution in [3.63, 3.8) is 0 Å². The van der Waals surface area contributed by atoms with Crippen molar-refractivity contribution in [1.82, 2.24) is 19.7 Å². The number of nitrogens with zero attached hydrogens (tertiary/aromatic N) is 4. The topological polar surface area (TPSA) is 81.4 Å². The average Bonchev–Trinajstić information content (AvgIpc) is 3.23. The number of nitrogens with one attached hydrogen (secondary N) is 1. The molecule has 1 saturated heterocycles. The van der Waals surface area contributed by atoms with E-state index in [1.54, 1.807) is 24.7 Å². The minimum Gasteiger partial charge on any atom is -0.365 e. The molecular weight excluding hydrogens is 382 g/mol. The summed E-state index contributed by atoms with van der Waals surface area (Å²) in [6.07, 6.45) is 5.04. The predicted molar refractivity (Wildman–Crippen MR) is 114 cm³/mol. The van der Waals surface area contributed by atoms with Crippen LogP contribution in [0, 0.1) is 0 Å². The van der Waals surface area contributed by atoms with Crippen LogP contribution in [0.2, 0.25) is 0 Å². The lowest BCUT2D eigenvalue weighted by Gasteiger charge is -2.34. The molecule has 8 heteroatoms. The summed E-state index contributed by atoms with van der Waals surface area (Å²) in [7, 11) is 3.33. The van der Waals surface area contributed by atoms with E-state index < -0.39 is 6.10 Å². The van der Waals surface area contributed by atoms with Crippen LogP contribution in [0.15, 0.2) is 59.8 Å². The van der Waals surface area contributed by atoms with Gasteiger partial charge in [0, 0.05) is 50.2 Å². The Balaban J connectivity index is 1.66. The number of hydrogen-bond acceptors (Lipinski definition) is 5. The van der Waals surface area contributed by atoms with Gasteiger partial charge in [-0.1, -0.05) is 30.3 Å². The molecule has 3 aromatic rings. The Hall–Kier alpha value is -3.39. The molecule has 8 nitrogen and oxygen atoms in total. The fourth-order valence-electron chi connectivity index (χ4n) is 3.65. The second-order valence-electron chi connectivity index (χ2n) is 7.35. The van der Waals surface area contributed by atoms with Crippen molar-refractivity contribution in [1.29, 1.82) is 0 Å². The third kappa shape index (κ3) is 4.13. The number of carbonyl (C=O) groups is 1. The number of anilines is 1. The monoisotopic (exact) mass is 407 g/mol. The van der Waals surface area contributed by atoms with Crippen LogP contribution < -0.4 is 15.8 Å².